The molecular formula is C21H16N2. The molecule has 2 nitrogen and oxygen atoms in total. The van der Waals surface area contributed by atoms with Gasteiger partial charge in [-0.05, 0) is 39.7 Å². The van der Waals surface area contributed by atoms with Gasteiger partial charge in [0.2, 0.25) is 0 Å². The predicted octanol–water partition coefficient (Wildman–Crippen LogP) is 5.44. The number of anilines is 1. The van der Waals surface area contributed by atoms with Crippen molar-refractivity contribution in [1.82, 2.24) is 0 Å². The number of hydrazone groups is 1. The number of nitrogens with one attached hydrogen (secondary N) is 1. The van der Waals surface area contributed by atoms with Crippen LogP contribution in [-0.2, 0) is 0 Å². The summed E-state index contributed by atoms with van der Waals surface area (Å²) >= 11 is 0. The van der Waals surface area contributed by atoms with E-state index < -0.39 is 0 Å². The summed E-state index contributed by atoms with van der Waals surface area (Å²) in [6.07, 6.45) is 1.91. The van der Waals surface area contributed by atoms with Crippen LogP contribution >= 0.6 is 0 Å². The highest BCUT2D eigenvalue weighted by Crippen LogP contribution is 2.27. The number of fused-ring (bicyclic) bond motifs is 2. The molecule has 0 spiro atoms. The van der Waals surface area contributed by atoms with E-state index in [2.05, 4.69) is 65.1 Å². The first kappa shape index (κ1) is 13.5. The van der Waals surface area contributed by atoms with Crippen LogP contribution in [0.25, 0.3) is 21.5 Å². The van der Waals surface area contributed by atoms with Gasteiger partial charge in [0, 0.05) is 5.56 Å². The van der Waals surface area contributed by atoms with E-state index in [1.54, 1.807) is 0 Å². The van der Waals surface area contributed by atoms with Gasteiger partial charge in [0.25, 0.3) is 0 Å². The molecule has 0 aromatic heterocycles. The predicted molar refractivity (Wildman–Crippen MR) is 99.1 cm³/mol. The van der Waals surface area contributed by atoms with Crippen LogP contribution in [-0.4, -0.2) is 6.21 Å². The molecule has 0 saturated heterocycles. The summed E-state index contributed by atoms with van der Waals surface area (Å²) in [4.78, 5) is 0. The van der Waals surface area contributed by atoms with Gasteiger partial charge in [-0.2, -0.15) is 5.10 Å². The first-order valence-corrected chi connectivity index (χ1v) is 7.66. The lowest BCUT2D eigenvalue weighted by Gasteiger charge is -2.08. The van der Waals surface area contributed by atoms with Crippen molar-refractivity contribution in [2.45, 2.75) is 0 Å². The largest absolute Gasteiger partial charge is 0.279 e. The molecule has 4 rings (SSSR count). The summed E-state index contributed by atoms with van der Waals surface area (Å²) in [5, 5.41) is 9.32. The fourth-order valence-electron chi connectivity index (χ4n) is 2.87. The van der Waals surface area contributed by atoms with E-state index in [1.807, 2.05) is 36.5 Å². The Morgan fingerprint density at radius 1 is 0.652 bits per heavy atom. The smallest absolute Gasteiger partial charge is 0.0561 e. The summed E-state index contributed by atoms with van der Waals surface area (Å²) < 4.78 is 0. The molecule has 0 heterocycles. The Hall–Kier alpha value is -3.13. The van der Waals surface area contributed by atoms with E-state index in [4.69, 9.17) is 0 Å². The lowest BCUT2D eigenvalue weighted by atomic mass is 9.97. The van der Waals surface area contributed by atoms with Gasteiger partial charge in [-0.25, -0.2) is 0 Å². The second-order valence-corrected chi connectivity index (χ2v) is 5.47. The molecule has 4 aromatic rings. The fraction of sp³-hybridized carbons (Fsp3) is 0. The maximum atomic E-state index is 4.44. The molecule has 0 bridgehead atoms. The van der Waals surface area contributed by atoms with Crippen molar-refractivity contribution in [3.05, 3.63) is 90.5 Å². The van der Waals surface area contributed by atoms with Gasteiger partial charge in [0.1, 0.15) is 0 Å². The molecule has 0 aliphatic heterocycles. The zero-order valence-corrected chi connectivity index (χ0v) is 12.6. The van der Waals surface area contributed by atoms with Crippen LogP contribution in [0.5, 0.6) is 0 Å². The third kappa shape index (κ3) is 2.67. The quantitative estimate of drug-likeness (QED) is 0.304. The van der Waals surface area contributed by atoms with Gasteiger partial charge in [-0.3, -0.25) is 5.43 Å². The van der Waals surface area contributed by atoms with E-state index in [0.717, 1.165) is 11.3 Å². The van der Waals surface area contributed by atoms with Crippen molar-refractivity contribution in [3.63, 3.8) is 0 Å². The first-order chi connectivity index (χ1) is 11.4. The van der Waals surface area contributed by atoms with Crippen LogP contribution in [0.15, 0.2) is 90.0 Å². The molecule has 0 radical (unpaired) electrons. The molecule has 0 aliphatic rings. The molecule has 0 atom stereocenters. The number of para-hydroxylation sites is 1. The zero-order chi connectivity index (χ0) is 15.5. The van der Waals surface area contributed by atoms with Crippen LogP contribution in [0.4, 0.5) is 5.69 Å². The first-order valence-electron chi connectivity index (χ1n) is 7.66. The summed E-state index contributed by atoms with van der Waals surface area (Å²) in [6, 6.07) is 29.1. The number of hydrogen-bond acceptors (Lipinski definition) is 2. The van der Waals surface area contributed by atoms with Crippen LogP contribution in [0, 0.1) is 0 Å². The van der Waals surface area contributed by atoms with Gasteiger partial charge in [-0.1, -0.05) is 66.7 Å². The highest BCUT2D eigenvalue weighted by molar-refractivity contribution is 6.13. The van der Waals surface area contributed by atoms with Crippen molar-refractivity contribution in [2.75, 3.05) is 5.43 Å². The van der Waals surface area contributed by atoms with Crippen LogP contribution in [0.3, 0.4) is 0 Å². The third-order valence-electron chi connectivity index (χ3n) is 3.97. The number of hydrogen-bond donors (Lipinski definition) is 1. The normalized spacial score (nSPS) is 11.3. The Balaban J connectivity index is 1.83. The topological polar surface area (TPSA) is 24.4 Å². The van der Waals surface area contributed by atoms with Crippen LogP contribution < -0.4 is 5.43 Å². The van der Waals surface area contributed by atoms with Crippen molar-refractivity contribution in [3.8, 4) is 0 Å². The summed E-state index contributed by atoms with van der Waals surface area (Å²) in [5.74, 6) is 0. The van der Waals surface area contributed by atoms with Crippen molar-refractivity contribution >= 4 is 33.4 Å². The maximum Gasteiger partial charge on any atom is 0.0561 e. The van der Waals surface area contributed by atoms with Gasteiger partial charge in [0.15, 0.2) is 0 Å². The van der Waals surface area contributed by atoms with E-state index in [9.17, 15) is 0 Å². The summed E-state index contributed by atoms with van der Waals surface area (Å²) in [7, 11) is 0. The molecule has 110 valence electrons. The molecule has 0 aliphatic carbocycles. The molecule has 0 unspecified atom stereocenters. The van der Waals surface area contributed by atoms with Gasteiger partial charge in [0.05, 0.1) is 11.9 Å². The van der Waals surface area contributed by atoms with E-state index in [0.29, 0.717) is 0 Å². The Bertz CT molecular complexity index is 934. The van der Waals surface area contributed by atoms with Crippen LogP contribution in [0.1, 0.15) is 5.56 Å². The van der Waals surface area contributed by atoms with Crippen molar-refractivity contribution < 1.29 is 0 Å². The highest BCUT2D eigenvalue weighted by Gasteiger charge is 2.05. The second-order valence-electron chi connectivity index (χ2n) is 5.47. The molecular weight excluding hydrogens is 280 g/mol. The summed E-state index contributed by atoms with van der Waals surface area (Å²) in [5.41, 5.74) is 5.21. The highest BCUT2D eigenvalue weighted by atomic mass is 15.3. The molecule has 23 heavy (non-hydrogen) atoms. The van der Waals surface area contributed by atoms with E-state index >= 15 is 0 Å². The van der Waals surface area contributed by atoms with Gasteiger partial charge >= 0.3 is 0 Å². The standard InChI is InChI=1S/C21H16N2/c1-2-10-18(11-3-1)23-22-15-21-19-12-6-4-8-16(19)14-17-9-5-7-13-20(17)21/h1-15,23H. The number of nitrogens with zero attached hydrogens (tertiary/aromatic N) is 1. The molecule has 4 aromatic carbocycles. The minimum Gasteiger partial charge on any atom is -0.279 e. The minimum atomic E-state index is 0.980. The van der Waals surface area contributed by atoms with Crippen LogP contribution in [0.2, 0.25) is 0 Å². The van der Waals surface area contributed by atoms with E-state index in [-0.39, 0.29) is 0 Å². The Labute approximate surface area is 135 Å². The molecule has 0 saturated carbocycles. The zero-order valence-electron chi connectivity index (χ0n) is 12.6. The maximum absolute atomic E-state index is 4.44. The average Bonchev–Trinajstić information content (AvgIpc) is 2.62. The molecule has 2 heteroatoms. The Morgan fingerprint density at radius 2 is 1.22 bits per heavy atom. The van der Waals surface area contributed by atoms with Gasteiger partial charge in [-0.15, -0.1) is 0 Å². The monoisotopic (exact) mass is 296 g/mol. The third-order valence-corrected chi connectivity index (χ3v) is 3.97. The summed E-state index contributed by atoms with van der Waals surface area (Å²) in [6.45, 7) is 0. The Morgan fingerprint density at radius 3 is 1.87 bits per heavy atom. The lowest BCUT2D eigenvalue weighted by Crippen LogP contribution is -1.93. The molecule has 1 N–H and O–H groups in total. The van der Waals surface area contributed by atoms with Crippen molar-refractivity contribution in [1.29, 1.82) is 0 Å². The number of rotatable bonds is 3. The molecule has 0 amide bonds. The molecule has 0 fully saturated rings. The van der Waals surface area contributed by atoms with Crippen molar-refractivity contribution in [2.24, 2.45) is 5.10 Å². The number of benzene rings is 4. The van der Waals surface area contributed by atoms with Gasteiger partial charge < -0.3 is 0 Å². The fourth-order valence-corrected chi connectivity index (χ4v) is 2.87. The van der Waals surface area contributed by atoms with E-state index in [1.165, 1.54) is 21.5 Å². The lowest BCUT2D eigenvalue weighted by molar-refractivity contribution is 1.35. The second kappa shape index (κ2) is 5.93. The minimum absolute atomic E-state index is 0.980. The SMILES string of the molecule is C(=NNc1ccccc1)c1c2ccccc2cc2ccccc12. The average molecular weight is 296 g/mol. The Kier molecular flexibility index (Phi) is 3.49.